The SMILES string of the molecule is NC(c1ncon1)c1cncc2ccccc12. The summed E-state index contributed by atoms with van der Waals surface area (Å²) in [5.41, 5.74) is 6.99. The Kier molecular flexibility index (Phi) is 2.31. The summed E-state index contributed by atoms with van der Waals surface area (Å²) in [5.74, 6) is 0.461. The van der Waals surface area contributed by atoms with Crippen molar-refractivity contribution in [1.29, 1.82) is 0 Å². The van der Waals surface area contributed by atoms with Crippen LogP contribution < -0.4 is 5.73 Å². The van der Waals surface area contributed by atoms with E-state index < -0.39 is 6.04 Å². The number of nitrogens with two attached hydrogens (primary N) is 1. The van der Waals surface area contributed by atoms with E-state index in [9.17, 15) is 0 Å². The molecule has 3 rings (SSSR count). The number of hydrogen-bond donors (Lipinski definition) is 1. The zero-order valence-corrected chi connectivity index (χ0v) is 8.95. The summed E-state index contributed by atoms with van der Waals surface area (Å²) in [7, 11) is 0. The molecule has 5 nitrogen and oxygen atoms in total. The summed E-state index contributed by atoms with van der Waals surface area (Å²) < 4.78 is 4.71. The van der Waals surface area contributed by atoms with Gasteiger partial charge in [0.25, 0.3) is 0 Å². The van der Waals surface area contributed by atoms with Gasteiger partial charge in [-0.15, -0.1) is 0 Å². The second-order valence-corrected chi connectivity index (χ2v) is 3.72. The molecule has 5 heteroatoms. The number of fused-ring (bicyclic) bond motifs is 1. The van der Waals surface area contributed by atoms with Gasteiger partial charge in [0, 0.05) is 23.3 Å². The zero-order chi connectivity index (χ0) is 11.7. The van der Waals surface area contributed by atoms with Crippen LogP contribution in [0, 0.1) is 0 Å². The molecule has 1 aromatic carbocycles. The maximum absolute atomic E-state index is 6.10. The van der Waals surface area contributed by atoms with E-state index in [0.29, 0.717) is 5.82 Å². The first kappa shape index (κ1) is 9.92. The van der Waals surface area contributed by atoms with Crippen LogP contribution in [0.25, 0.3) is 10.8 Å². The van der Waals surface area contributed by atoms with E-state index in [-0.39, 0.29) is 0 Å². The van der Waals surface area contributed by atoms with Gasteiger partial charge in [0.2, 0.25) is 6.39 Å². The van der Waals surface area contributed by atoms with Gasteiger partial charge < -0.3 is 10.3 Å². The van der Waals surface area contributed by atoms with Crippen LogP contribution in [-0.4, -0.2) is 15.1 Å². The van der Waals surface area contributed by atoms with Gasteiger partial charge in [-0.05, 0) is 5.39 Å². The van der Waals surface area contributed by atoms with Gasteiger partial charge in [-0.3, -0.25) is 4.98 Å². The van der Waals surface area contributed by atoms with E-state index in [0.717, 1.165) is 16.3 Å². The molecule has 0 aliphatic carbocycles. The molecule has 0 bridgehead atoms. The molecule has 2 heterocycles. The van der Waals surface area contributed by atoms with Crippen molar-refractivity contribution in [2.75, 3.05) is 0 Å². The third-order valence-corrected chi connectivity index (χ3v) is 2.69. The highest BCUT2D eigenvalue weighted by molar-refractivity contribution is 5.85. The van der Waals surface area contributed by atoms with Gasteiger partial charge in [0.1, 0.15) is 0 Å². The number of benzene rings is 1. The minimum Gasteiger partial charge on any atom is -0.343 e. The Morgan fingerprint density at radius 1 is 1.18 bits per heavy atom. The lowest BCUT2D eigenvalue weighted by molar-refractivity contribution is 0.407. The summed E-state index contributed by atoms with van der Waals surface area (Å²) in [6, 6.07) is 7.51. The van der Waals surface area contributed by atoms with Crippen molar-refractivity contribution in [3.05, 3.63) is 54.4 Å². The monoisotopic (exact) mass is 226 g/mol. The summed E-state index contributed by atoms with van der Waals surface area (Å²) >= 11 is 0. The lowest BCUT2D eigenvalue weighted by atomic mass is 10.0. The highest BCUT2D eigenvalue weighted by Gasteiger charge is 2.16. The first-order chi connectivity index (χ1) is 8.36. The molecular weight excluding hydrogens is 216 g/mol. The van der Waals surface area contributed by atoms with E-state index in [4.69, 9.17) is 10.3 Å². The predicted molar refractivity (Wildman–Crippen MR) is 62.1 cm³/mol. The van der Waals surface area contributed by atoms with Crippen molar-refractivity contribution in [1.82, 2.24) is 15.1 Å². The second-order valence-electron chi connectivity index (χ2n) is 3.72. The van der Waals surface area contributed by atoms with Crippen LogP contribution in [0.5, 0.6) is 0 Å². The molecule has 0 saturated carbocycles. The summed E-state index contributed by atoms with van der Waals surface area (Å²) in [6.07, 6.45) is 4.82. The molecule has 0 amide bonds. The molecule has 2 N–H and O–H groups in total. The molecule has 3 aromatic rings. The number of pyridine rings is 1. The van der Waals surface area contributed by atoms with Crippen molar-refractivity contribution in [3.8, 4) is 0 Å². The fraction of sp³-hybridized carbons (Fsp3) is 0.0833. The lowest BCUT2D eigenvalue weighted by Crippen LogP contribution is -2.14. The minimum absolute atomic E-state index is 0.424. The maximum atomic E-state index is 6.10. The highest BCUT2D eigenvalue weighted by atomic mass is 16.5. The molecule has 84 valence electrons. The number of nitrogens with zero attached hydrogens (tertiary/aromatic N) is 3. The van der Waals surface area contributed by atoms with Gasteiger partial charge in [-0.25, -0.2) is 0 Å². The van der Waals surface area contributed by atoms with Crippen LogP contribution in [0.2, 0.25) is 0 Å². The van der Waals surface area contributed by atoms with E-state index in [1.54, 1.807) is 6.20 Å². The smallest absolute Gasteiger partial charge is 0.213 e. The van der Waals surface area contributed by atoms with Crippen molar-refractivity contribution in [2.45, 2.75) is 6.04 Å². The van der Waals surface area contributed by atoms with Crippen LogP contribution in [0.3, 0.4) is 0 Å². The third-order valence-electron chi connectivity index (χ3n) is 2.69. The van der Waals surface area contributed by atoms with E-state index in [2.05, 4.69) is 15.1 Å². The topological polar surface area (TPSA) is 77.8 Å². The standard InChI is InChI=1S/C12H10N4O/c13-11(12-15-7-17-16-12)10-6-14-5-8-3-1-2-4-9(8)10/h1-7,11H,13H2. The molecule has 2 aromatic heterocycles. The van der Waals surface area contributed by atoms with Crippen molar-refractivity contribution in [2.24, 2.45) is 5.73 Å². The Bertz CT molecular complexity index is 631. The summed E-state index contributed by atoms with van der Waals surface area (Å²) in [6.45, 7) is 0. The Balaban J connectivity index is 2.17. The van der Waals surface area contributed by atoms with Gasteiger partial charge in [0.05, 0.1) is 6.04 Å². The third kappa shape index (κ3) is 1.66. The molecule has 0 fully saturated rings. The Labute approximate surface area is 97.3 Å². The molecule has 1 unspecified atom stereocenters. The first-order valence-corrected chi connectivity index (χ1v) is 5.21. The van der Waals surface area contributed by atoms with E-state index in [1.165, 1.54) is 6.39 Å². The lowest BCUT2D eigenvalue weighted by Gasteiger charge is -2.10. The average Bonchev–Trinajstić information content (AvgIpc) is 2.91. The first-order valence-electron chi connectivity index (χ1n) is 5.21. The van der Waals surface area contributed by atoms with Crippen LogP contribution in [0.4, 0.5) is 0 Å². The Morgan fingerprint density at radius 2 is 2.06 bits per heavy atom. The maximum Gasteiger partial charge on any atom is 0.213 e. The zero-order valence-electron chi connectivity index (χ0n) is 8.95. The second kappa shape index (κ2) is 3.95. The molecule has 0 aliphatic heterocycles. The van der Waals surface area contributed by atoms with E-state index in [1.807, 2.05) is 30.5 Å². The summed E-state index contributed by atoms with van der Waals surface area (Å²) in [5, 5.41) is 5.86. The van der Waals surface area contributed by atoms with Gasteiger partial charge >= 0.3 is 0 Å². The largest absolute Gasteiger partial charge is 0.343 e. The molecule has 17 heavy (non-hydrogen) atoms. The molecule has 0 aliphatic rings. The Morgan fingerprint density at radius 3 is 2.88 bits per heavy atom. The van der Waals surface area contributed by atoms with Crippen molar-refractivity contribution in [3.63, 3.8) is 0 Å². The average molecular weight is 226 g/mol. The molecular formula is C12H10N4O. The van der Waals surface area contributed by atoms with E-state index >= 15 is 0 Å². The van der Waals surface area contributed by atoms with Crippen molar-refractivity contribution < 1.29 is 4.52 Å². The number of aromatic nitrogens is 3. The van der Waals surface area contributed by atoms with Crippen LogP contribution in [0.15, 0.2) is 47.6 Å². The normalized spacial score (nSPS) is 12.8. The summed E-state index contributed by atoms with van der Waals surface area (Å²) in [4.78, 5) is 8.15. The number of hydrogen-bond acceptors (Lipinski definition) is 5. The van der Waals surface area contributed by atoms with Crippen LogP contribution >= 0.6 is 0 Å². The quantitative estimate of drug-likeness (QED) is 0.719. The molecule has 0 spiro atoms. The fourth-order valence-corrected chi connectivity index (χ4v) is 1.84. The highest BCUT2D eigenvalue weighted by Crippen LogP contribution is 2.24. The Hall–Kier alpha value is -2.27. The molecule has 0 radical (unpaired) electrons. The number of rotatable bonds is 2. The van der Waals surface area contributed by atoms with Crippen LogP contribution in [0.1, 0.15) is 17.4 Å². The van der Waals surface area contributed by atoms with Crippen molar-refractivity contribution >= 4 is 10.8 Å². The molecule has 1 atom stereocenters. The van der Waals surface area contributed by atoms with Gasteiger partial charge in [0.15, 0.2) is 5.82 Å². The molecule has 0 saturated heterocycles. The fourth-order valence-electron chi connectivity index (χ4n) is 1.84. The van der Waals surface area contributed by atoms with Gasteiger partial charge in [-0.2, -0.15) is 4.98 Å². The minimum atomic E-state index is -0.424. The predicted octanol–water partition coefficient (Wildman–Crippen LogP) is 1.67. The van der Waals surface area contributed by atoms with Crippen LogP contribution in [-0.2, 0) is 0 Å². The van der Waals surface area contributed by atoms with Gasteiger partial charge in [-0.1, -0.05) is 29.4 Å².